The molecule has 39 heavy (non-hydrogen) atoms. The lowest BCUT2D eigenvalue weighted by Crippen LogP contribution is -2.28. The minimum atomic E-state index is -3.47. The molecule has 8 nitrogen and oxygen atoms in total. The quantitative estimate of drug-likeness (QED) is 0.241. The van der Waals surface area contributed by atoms with E-state index in [1.165, 1.54) is 0 Å². The van der Waals surface area contributed by atoms with E-state index >= 15 is 0 Å². The molecule has 5 rings (SSSR count). The lowest BCUT2D eigenvalue weighted by Gasteiger charge is -2.25. The van der Waals surface area contributed by atoms with Crippen LogP contribution < -0.4 is 14.8 Å². The number of aryl methyl sites for hydroxylation is 1. The van der Waals surface area contributed by atoms with Crippen LogP contribution in [0.3, 0.4) is 0 Å². The molecule has 0 spiro atoms. The first-order chi connectivity index (χ1) is 18.8. The van der Waals surface area contributed by atoms with Gasteiger partial charge in [0.05, 0.1) is 22.7 Å². The maximum atomic E-state index is 13.9. The van der Waals surface area contributed by atoms with E-state index in [0.717, 1.165) is 29.2 Å². The maximum absolute atomic E-state index is 13.9. The molecule has 2 atom stereocenters. The van der Waals surface area contributed by atoms with Crippen LogP contribution in [0, 0.1) is 6.92 Å². The van der Waals surface area contributed by atoms with E-state index in [1.54, 1.807) is 24.5 Å². The third-order valence-corrected chi connectivity index (χ3v) is 8.24. The van der Waals surface area contributed by atoms with Crippen molar-refractivity contribution in [3.05, 3.63) is 66.5 Å². The first-order valence-corrected chi connectivity index (χ1v) is 14.9. The van der Waals surface area contributed by atoms with Gasteiger partial charge in [-0.15, -0.1) is 0 Å². The number of aromatic nitrogens is 3. The van der Waals surface area contributed by atoms with Crippen molar-refractivity contribution in [3.63, 3.8) is 0 Å². The fourth-order valence-corrected chi connectivity index (χ4v) is 6.12. The monoisotopic (exact) mass is 549 g/mol. The van der Waals surface area contributed by atoms with E-state index in [9.17, 15) is 12.8 Å². The van der Waals surface area contributed by atoms with Crippen molar-refractivity contribution in [2.24, 2.45) is 0 Å². The zero-order chi connectivity index (χ0) is 27.4. The zero-order valence-electron chi connectivity index (χ0n) is 22.0. The number of alkyl halides is 1. The Morgan fingerprint density at radius 2 is 1.87 bits per heavy atom. The molecule has 0 bridgehead atoms. The molecule has 4 aromatic rings. The Morgan fingerprint density at radius 1 is 1.05 bits per heavy atom. The van der Waals surface area contributed by atoms with Crippen LogP contribution in [-0.4, -0.2) is 41.3 Å². The zero-order valence-corrected chi connectivity index (χ0v) is 22.8. The highest BCUT2D eigenvalue weighted by Crippen LogP contribution is 2.40. The Labute approximate surface area is 228 Å². The minimum Gasteiger partial charge on any atom is -0.437 e. The number of benzene rings is 2. The average molecular weight is 550 g/mol. The van der Waals surface area contributed by atoms with E-state index in [2.05, 4.69) is 25.0 Å². The van der Waals surface area contributed by atoms with Crippen LogP contribution in [0.25, 0.3) is 22.0 Å². The standard InChI is InChI=1S/C29H32FN5O3S/c1-3-16-39(36,37)35-26-17-19(2)27(23-11-5-4-10-22(23)26)38-28-24(12-7-14-31-28)25-13-15-32-29(34-25)33-21-9-6-8-20(30)18-21/h4-5,7,10-15,17,20-21,35H,3,6,8-9,16,18H2,1-2H3,(H,32,33,34). The topological polar surface area (TPSA) is 106 Å². The summed E-state index contributed by atoms with van der Waals surface area (Å²) in [4.78, 5) is 13.5. The highest BCUT2D eigenvalue weighted by atomic mass is 32.2. The van der Waals surface area contributed by atoms with Crippen LogP contribution in [0.2, 0.25) is 0 Å². The number of nitrogens with one attached hydrogen (secondary N) is 2. The molecule has 1 fully saturated rings. The van der Waals surface area contributed by atoms with Crippen LogP contribution in [-0.2, 0) is 10.0 Å². The first kappa shape index (κ1) is 26.8. The molecule has 10 heteroatoms. The second-order valence-corrected chi connectivity index (χ2v) is 11.7. The molecule has 204 valence electrons. The summed E-state index contributed by atoms with van der Waals surface area (Å²) in [5.41, 5.74) is 2.55. The van der Waals surface area contributed by atoms with Gasteiger partial charge in [0.2, 0.25) is 21.9 Å². The average Bonchev–Trinajstić information content (AvgIpc) is 2.91. The number of hydrogen-bond acceptors (Lipinski definition) is 7. The molecule has 2 heterocycles. The predicted molar refractivity (Wildman–Crippen MR) is 152 cm³/mol. The number of hydrogen-bond donors (Lipinski definition) is 2. The summed E-state index contributed by atoms with van der Waals surface area (Å²) in [7, 11) is -3.47. The predicted octanol–water partition coefficient (Wildman–Crippen LogP) is 6.64. The van der Waals surface area contributed by atoms with E-state index in [4.69, 9.17) is 4.74 Å². The van der Waals surface area contributed by atoms with Crippen molar-refractivity contribution in [1.82, 2.24) is 15.0 Å². The fourth-order valence-electron chi connectivity index (χ4n) is 4.98. The Morgan fingerprint density at radius 3 is 2.67 bits per heavy atom. The van der Waals surface area contributed by atoms with Gasteiger partial charge in [0.15, 0.2) is 0 Å². The van der Waals surface area contributed by atoms with Gasteiger partial charge in [-0.25, -0.2) is 27.8 Å². The van der Waals surface area contributed by atoms with Gasteiger partial charge in [-0.3, -0.25) is 4.72 Å². The van der Waals surface area contributed by atoms with Gasteiger partial charge >= 0.3 is 0 Å². The molecule has 2 aromatic carbocycles. The van der Waals surface area contributed by atoms with Crippen LogP contribution in [0.5, 0.6) is 11.6 Å². The molecule has 1 aliphatic carbocycles. The number of halogens is 1. The van der Waals surface area contributed by atoms with Gasteiger partial charge in [0.25, 0.3) is 0 Å². The molecule has 2 N–H and O–H groups in total. The summed E-state index contributed by atoms with van der Waals surface area (Å²) in [5.74, 6) is 1.41. The second-order valence-electron chi connectivity index (χ2n) is 9.87. The van der Waals surface area contributed by atoms with Crippen molar-refractivity contribution >= 4 is 32.4 Å². The SMILES string of the molecule is CCCS(=O)(=O)Nc1cc(C)c(Oc2ncccc2-c2ccnc(NC3CCCC(F)C3)n2)c2ccccc12. The Kier molecular flexibility index (Phi) is 7.92. The number of anilines is 2. The van der Waals surface area contributed by atoms with Crippen LogP contribution >= 0.6 is 0 Å². The van der Waals surface area contributed by atoms with E-state index in [0.29, 0.717) is 53.8 Å². The van der Waals surface area contributed by atoms with Crippen molar-refractivity contribution in [2.75, 3.05) is 15.8 Å². The molecule has 0 radical (unpaired) electrons. The van der Waals surface area contributed by atoms with Crippen molar-refractivity contribution in [2.45, 2.75) is 58.2 Å². The van der Waals surface area contributed by atoms with Gasteiger partial charge in [-0.1, -0.05) is 31.2 Å². The molecule has 0 saturated heterocycles. The number of ether oxygens (including phenoxy) is 1. The third kappa shape index (κ3) is 6.27. The van der Waals surface area contributed by atoms with Gasteiger partial charge < -0.3 is 10.1 Å². The molecule has 1 saturated carbocycles. The fraction of sp³-hybridized carbons (Fsp3) is 0.345. The second kappa shape index (κ2) is 11.5. The van der Waals surface area contributed by atoms with E-state index < -0.39 is 16.2 Å². The highest BCUT2D eigenvalue weighted by Gasteiger charge is 2.23. The normalized spacial score (nSPS) is 17.6. The van der Waals surface area contributed by atoms with Gasteiger partial charge in [0.1, 0.15) is 11.9 Å². The van der Waals surface area contributed by atoms with Crippen LogP contribution in [0.1, 0.15) is 44.6 Å². The molecule has 2 unspecified atom stereocenters. The van der Waals surface area contributed by atoms with E-state index in [-0.39, 0.29) is 11.8 Å². The Bertz CT molecular complexity index is 1580. The summed E-state index contributed by atoms with van der Waals surface area (Å²) >= 11 is 0. The Hall–Kier alpha value is -3.79. The van der Waals surface area contributed by atoms with Gasteiger partial charge in [-0.2, -0.15) is 0 Å². The number of nitrogens with zero attached hydrogens (tertiary/aromatic N) is 3. The molecule has 1 aliphatic rings. The summed E-state index contributed by atoms with van der Waals surface area (Å²) in [5, 5.41) is 4.76. The number of sulfonamides is 1. The summed E-state index contributed by atoms with van der Waals surface area (Å²) in [6, 6.07) is 14.7. The Balaban J connectivity index is 1.48. The minimum absolute atomic E-state index is 0.00380. The number of fused-ring (bicyclic) bond motifs is 1. The smallest absolute Gasteiger partial charge is 0.232 e. The van der Waals surface area contributed by atoms with Crippen LogP contribution in [0.4, 0.5) is 16.0 Å². The van der Waals surface area contributed by atoms with E-state index in [1.807, 2.05) is 50.2 Å². The van der Waals surface area contributed by atoms with Crippen LogP contribution in [0.15, 0.2) is 60.9 Å². The van der Waals surface area contributed by atoms with Crippen molar-refractivity contribution < 1.29 is 17.5 Å². The lowest BCUT2D eigenvalue weighted by atomic mass is 9.94. The van der Waals surface area contributed by atoms with Crippen molar-refractivity contribution in [1.29, 1.82) is 0 Å². The maximum Gasteiger partial charge on any atom is 0.232 e. The molecular weight excluding hydrogens is 517 g/mol. The van der Waals surface area contributed by atoms with Gasteiger partial charge in [-0.05, 0) is 68.9 Å². The highest BCUT2D eigenvalue weighted by molar-refractivity contribution is 7.92. The first-order valence-electron chi connectivity index (χ1n) is 13.2. The molecule has 0 amide bonds. The molecule has 0 aliphatic heterocycles. The van der Waals surface area contributed by atoms with Gasteiger partial charge in [0, 0.05) is 29.2 Å². The third-order valence-electron chi connectivity index (χ3n) is 6.76. The largest absolute Gasteiger partial charge is 0.437 e. The lowest BCUT2D eigenvalue weighted by molar-refractivity contribution is 0.239. The summed E-state index contributed by atoms with van der Waals surface area (Å²) < 4.78 is 48.1. The molecular formula is C29H32FN5O3S. The van der Waals surface area contributed by atoms with Crippen molar-refractivity contribution in [3.8, 4) is 22.9 Å². The summed E-state index contributed by atoms with van der Waals surface area (Å²) in [6.07, 6.45) is 5.80. The number of pyridine rings is 1. The number of rotatable bonds is 9. The summed E-state index contributed by atoms with van der Waals surface area (Å²) in [6.45, 7) is 3.70. The molecule has 2 aromatic heterocycles.